The van der Waals surface area contributed by atoms with Gasteiger partial charge in [0.15, 0.2) is 0 Å². The Bertz CT molecular complexity index is 632. The number of hydrogen-bond acceptors (Lipinski definition) is 4. The number of hydrogen-bond donors (Lipinski definition) is 1. The van der Waals surface area contributed by atoms with Gasteiger partial charge in [0.05, 0.1) is 22.1 Å². The lowest BCUT2D eigenvalue weighted by molar-refractivity contribution is 0.0937. The van der Waals surface area contributed by atoms with Crippen molar-refractivity contribution < 1.29 is 17.9 Å². The number of nitrogens with zero attached hydrogens (tertiary/aromatic N) is 1. The highest BCUT2D eigenvalue weighted by molar-refractivity contribution is 7.89. The van der Waals surface area contributed by atoms with Gasteiger partial charge in [0, 0.05) is 26.7 Å². The number of ether oxygens (including phenoxy) is 1. The van der Waals surface area contributed by atoms with Gasteiger partial charge in [-0.05, 0) is 32.0 Å². The van der Waals surface area contributed by atoms with Crippen LogP contribution in [0, 0.1) is 0 Å². The maximum Gasteiger partial charge on any atom is 0.252 e. The first-order chi connectivity index (χ1) is 10.2. The van der Waals surface area contributed by atoms with E-state index in [1.807, 2.05) is 0 Å². The van der Waals surface area contributed by atoms with E-state index in [0.29, 0.717) is 13.2 Å². The van der Waals surface area contributed by atoms with Crippen molar-refractivity contribution in [1.82, 2.24) is 9.62 Å². The highest BCUT2D eigenvalue weighted by Crippen LogP contribution is 2.23. The predicted molar refractivity (Wildman–Crippen MR) is 85.7 cm³/mol. The van der Waals surface area contributed by atoms with E-state index in [0.717, 1.165) is 0 Å². The van der Waals surface area contributed by atoms with E-state index < -0.39 is 15.9 Å². The quantitative estimate of drug-likeness (QED) is 0.762. The van der Waals surface area contributed by atoms with Crippen molar-refractivity contribution in [2.75, 3.05) is 27.3 Å². The summed E-state index contributed by atoms with van der Waals surface area (Å²) in [7, 11) is -0.651. The summed E-state index contributed by atoms with van der Waals surface area (Å²) in [5, 5.41) is 2.81. The largest absolute Gasteiger partial charge is 0.383 e. The molecule has 0 heterocycles. The lowest BCUT2D eigenvalue weighted by atomic mass is 10.2. The summed E-state index contributed by atoms with van der Waals surface area (Å²) >= 11 is 6.00. The van der Waals surface area contributed by atoms with Gasteiger partial charge in [0.1, 0.15) is 0 Å². The number of sulfonamides is 1. The predicted octanol–water partition coefficient (Wildman–Crippen LogP) is 1.75. The zero-order chi connectivity index (χ0) is 16.9. The molecule has 0 aliphatic rings. The van der Waals surface area contributed by atoms with Gasteiger partial charge in [-0.25, -0.2) is 8.42 Å². The normalized spacial score (nSPS) is 12.0. The Balaban J connectivity index is 3.12. The van der Waals surface area contributed by atoms with Gasteiger partial charge < -0.3 is 10.1 Å². The Morgan fingerprint density at radius 2 is 2.05 bits per heavy atom. The summed E-state index contributed by atoms with van der Waals surface area (Å²) in [5.74, 6) is -0.439. The summed E-state index contributed by atoms with van der Waals surface area (Å²) in [6.45, 7) is 4.21. The highest BCUT2D eigenvalue weighted by Gasteiger charge is 2.24. The number of rotatable bonds is 7. The van der Waals surface area contributed by atoms with E-state index >= 15 is 0 Å². The van der Waals surface area contributed by atoms with Crippen LogP contribution in [-0.4, -0.2) is 52.0 Å². The number of carbonyl (C=O) groups excluding carboxylic acids is 1. The van der Waals surface area contributed by atoms with Crippen LogP contribution in [0.1, 0.15) is 24.2 Å². The molecule has 1 aromatic carbocycles. The minimum absolute atomic E-state index is 0.0324. The molecule has 0 aliphatic heterocycles. The molecule has 0 spiro atoms. The molecule has 0 radical (unpaired) electrons. The second kappa shape index (κ2) is 7.92. The number of nitrogens with one attached hydrogen (secondary N) is 1. The SMILES string of the molecule is COCCNC(=O)c1cc(S(=O)(=O)N(C)C(C)C)ccc1Cl. The van der Waals surface area contributed by atoms with Crippen LogP contribution >= 0.6 is 11.6 Å². The fourth-order valence-corrected chi connectivity index (χ4v) is 3.24. The third-order valence-electron chi connectivity index (χ3n) is 3.18. The molecular formula is C14H21ClN2O4S. The van der Waals surface area contributed by atoms with Crippen LogP contribution < -0.4 is 5.32 Å². The molecule has 8 heteroatoms. The summed E-state index contributed by atoms with van der Waals surface area (Å²) < 4.78 is 31.0. The lowest BCUT2D eigenvalue weighted by Crippen LogP contribution is -2.33. The van der Waals surface area contributed by atoms with Crippen LogP contribution in [0.5, 0.6) is 0 Å². The second-order valence-corrected chi connectivity index (χ2v) is 7.41. The van der Waals surface area contributed by atoms with Gasteiger partial charge in [-0.1, -0.05) is 11.6 Å². The molecule has 1 N–H and O–H groups in total. The molecule has 0 aromatic heterocycles. The average Bonchev–Trinajstić information content (AvgIpc) is 2.46. The molecule has 0 saturated heterocycles. The molecule has 0 atom stereocenters. The van der Waals surface area contributed by atoms with Crippen molar-refractivity contribution in [1.29, 1.82) is 0 Å². The second-order valence-electron chi connectivity index (χ2n) is 5.01. The van der Waals surface area contributed by atoms with Crippen molar-refractivity contribution >= 4 is 27.5 Å². The minimum atomic E-state index is -3.67. The fourth-order valence-electron chi connectivity index (χ4n) is 1.64. The molecule has 0 saturated carbocycles. The van der Waals surface area contributed by atoms with Crippen molar-refractivity contribution in [3.05, 3.63) is 28.8 Å². The molecule has 1 amide bonds. The van der Waals surface area contributed by atoms with Crippen molar-refractivity contribution in [2.24, 2.45) is 0 Å². The Labute approximate surface area is 136 Å². The van der Waals surface area contributed by atoms with Crippen LogP contribution in [0.25, 0.3) is 0 Å². The Hall–Kier alpha value is -1.15. The first-order valence-corrected chi connectivity index (χ1v) is 8.58. The van der Waals surface area contributed by atoms with Gasteiger partial charge in [0.25, 0.3) is 5.91 Å². The Morgan fingerprint density at radius 3 is 2.59 bits per heavy atom. The maximum atomic E-state index is 12.5. The molecule has 0 fully saturated rings. The van der Waals surface area contributed by atoms with Gasteiger partial charge in [-0.3, -0.25) is 4.79 Å². The van der Waals surface area contributed by atoms with Crippen molar-refractivity contribution in [3.8, 4) is 0 Å². The smallest absolute Gasteiger partial charge is 0.252 e. The topological polar surface area (TPSA) is 75.7 Å². The summed E-state index contributed by atoms with van der Waals surface area (Å²) in [6, 6.07) is 3.90. The average molecular weight is 349 g/mol. The van der Waals surface area contributed by atoms with Crippen LogP contribution in [0.3, 0.4) is 0 Å². The van der Waals surface area contributed by atoms with Crippen molar-refractivity contribution in [3.63, 3.8) is 0 Å². The van der Waals surface area contributed by atoms with E-state index in [9.17, 15) is 13.2 Å². The number of benzene rings is 1. The van der Waals surface area contributed by atoms with E-state index in [1.165, 1.54) is 36.7 Å². The number of halogens is 1. The molecule has 0 bridgehead atoms. The number of methoxy groups -OCH3 is 1. The molecule has 1 rings (SSSR count). The van der Waals surface area contributed by atoms with E-state index in [4.69, 9.17) is 16.3 Å². The van der Waals surface area contributed by atoms with Crippen LogP contribution in [0.4, 0.5) is 0 Å². The first-order valence-electron chi connectivity index (χ1n) is 6.76. The van der Waals surface area contributed by atoms with Gasteiger partial charge in [0.2, 0.25) is 10.0 Å². The van der Waals surface area contributed by atoms with Crippen LogP contribution in [0.2, 0.25) is 5.02 Å². The van der Waals surface area contributed by atoms with Gasteiger partial charge >= 0.3 is 0 Å². The lowest BCUT2D eigenvalue weighted by Gasteiger charge is -2.21. The van der Waals surface area contributed by atoms with Gasteiger partial charge in [-0.15, -0.1) is 0 Å². The molecule has 22 heavy (non-hydrogen) atoms. The summed E-state index contributed by atoms with van der Waals surface area (Å²) in [5.41, 5.74) is 0.121. The number of amides is 1. The minimum Gasteiger partial charge on any atom is -0.383 e. The maximum absolute atomic E-state index is 12.5. The van der Waals surface area contributed by atoms with E-state index in [1.54, 1.807) is 13.8 Å². The third-order valence-corrected chi connectivity index (χ3v) is 5.54. The molecule has 6 nitrogen and oxygen atoms in total. The fraction of sp³-hybridized carbons (Fsp3) is 0.500. The van der Waals surface area contributed by atoms with Crippen LogP contribution in [-0.2, 0) is 14.8 Å². The highest BCUT2D eigenvalue weighted by atomic mass is 35.5. The molecule has 124 valence electrons. The molecular weight excluding hydrogens is 328 g/mol. The monoisotopic (exact) mass is 348 g/mol. The molecule has 0 unspecified atom stereocenters. The van der Waals surface area contributed by atoms with E-state index in [-0.39, 0.29) is 21.5 Å². The van der Waals surface area contributed by atoms with Crippen molar-refractivity contribution in [2.45, 2.75) is 24.8 Å². The Kier molecular flexibility index (Phi) is 6.80. The molecule has 1 aromatic rings. The van der Waals surface area contributed by atoms with Crippen LogP contribution in [0.15, 0.2) is 23.1 Å². The zero-order valence-corrected chi connectivity index (χ0v) is 14.7. The Morgan fingerprint density at radius 1 is 1.41 bits per heavy atom. The first kappa shape index (κ1) is 18.9. The van der Waals surface area contributed by atoms with Gasteiger partial charge in [-0.2, -0.15) is 4.31 Å². The zero-order valence-electron chi connectivity index (χ0n) is 13.1. The summed E-state index contributed by atoms with van der Waals surface area (Å²) in [4.78, 5) is 12.1. The molecule has 0 aliphatic carbocycles. The standard InChI is InChI=1S/C14H21ClN2O4S/c1-10(2)17(3)22(19,20)11-5-6-13(15)12(9-11)14(18)16-7-8-21-4/h5-6,9-10H,7-8H2,1-4H3,(H,16,18). The number of carbonyl (C=O) groups is 1. The van der Waals surface area contributed by atoms with E-state index in [2.05, 4.69) is 5.32 Å². The summed E-state index contributed by atoms with van der Waals surface area (Å²) in [6.07, 6.45) is 0. The third kappa shape index (κ3) is 4.42.